The van der Waals surface area contributed by atoms with Crippen molar-refractivity contribution in [3.05, 3.63) is 27.7 Å². The summed E-state index contributed by atoms with van der Waals surface area (Å²) in [5, 5.41) is 8.87. The van der Waals surface area contributed by atoms with E-state index in [0.717, 1.165) is 0 Å². The van der Waals surface area contributed by atoms with Gasteiger partial charge >= 0.3 is 11.9 Å². The van der Waals surface area contributed by atoms with Gasteiger partial charge in [0, 0.05) is 5.69 Å². The van der Waals surface area contributed by atoms with E-state index in [4.69, 9.17) is 38.8 Å². The average molecular weight is 292 g/mol. The maximum absolute atomic E-state index is 11.8. The molecule has 5 nitrogen and oxygen atoms in total. The molecule has 1 aromatic carbocycles. The fourth-order valence-corrected chi connectivity index (χ4v) is 1.67. The molecule has 1 aromatic rings. The molecule has 0 spiro atoms. The van der Waals surface area contributed by atoms with E-state index >= 15 is 0 Å². The predicted molar refractivity (Wildman–Crippen MR) is 68.0 cm³/mol. The zero-order chi connectivity index (χ0) is 13.9. The minimum atomic E-state index is -1.23. The predicted octanol–water partition coefficient (Wildman–Crippen LogP) is 2.60. The van der Waals surface area contributed by atoms with Crippen LogP contribution in [-0.2, 0) is 9.53 Å². The molecule has 0 saturated heterocycles. The summed E-state index contributed by atoms with van der Waals surface area (Å²) < 4.78 is 4.80. The zero-order valence-corrected chi connectivity index (χ0v) is 11.0. The number of carbonyl (C=O) groups is 2. The molecule has 0 aliphatic heterocycles. The van der Waals surface area contributed by atoms with E-state index < -0.39 is 18.0 Å². The van der Waals surface area contributed by atoms with Gasteiger partial charge in [0.15, 0.2) is 6.10 Å². The Balaban J connectivity index is 3.01. The molecule has 1 rings (SSSR count). The zero-order valence-electron chi connectivity index (χ0n) is 9.44. The Kier molecular flexibility index (Phi) is 4.81. The molecule has 0 saturated carbocycles. The lowest BCUT2D eigenvalue weighted by atomic mass is 10.2. The van der Waals surface area contributed by atoms with Crippen LogP contribution in [0.1, 0.15) is 23.7 Å². The van der Waals surface area contributed by atoms with Gasteiger partial charge in [0.2, 0.25) is 0 Å². The molecule has 0 fully saturated rings. The van der Waals surface area contributed by atoms with Crippen LogP contribution < -0.4 is 5.73 Å². The summed E-state index contributed by atoms with van der Waals surface area (Å²) in [6, 6.07) is 2.67. The second kappa shape index (κ2) is 5.93. The Morgan fingerprint density at radius 1 is 1.44 bits per heavy atom. The highest BCUT2D eigenvalue weighted by Gasteiger charge is 2.23. The molecule has 1 unspecified atom stereocenters. The first-order chi connectivity index (χ1) is 8.36. The minimum absolute atomic E-state index is 0.0175. The minimum Gasteiger partial charge on any atom is -0.479 e. The smallest absolute Gasteiger partial charge is 0.345 e. The van der Waals surface area contributed by atoms with Crippen LogP contribution in [0.25, 0.3) is 0 Å². The van der Waals surface area contributed by atoms with Crippen LogP contribution in [0.2, 0.25) is 10.0 Å². The number of rotatable bonds is 4. The molecular formula is C11H11Cl2NO4. The molecule has 0 aliphatic carbocycles. The van der Waals surface area contributed by atoms with Crippen LogP contribution in [0, 0.1) is 0 Å². The Hall–Kier alpha value is -1.46. The number of hydrogen-bond acceptors (Lipinski definition) is 4. The molecule has 0 amide bonds. The van der Waals surface area contributed by atoms with E-state index in [1.54, 1.807) is 6.92 Å². The average Bonchev–Trinajstić information content (AvgIpc) is 2.29. The van der Waals surface area contributed by atoms with Gasteiger partial charge in [-0.25, -0.2) is 9.59 Å². The number of anilines is 1. The number of carboxylic acid groups (broad SMARTS) is 1. The number of aliphatic carboxylic acids is 1. The number of carbonyl (C=O) groups excluding carboxylic acids is 1. The summed E-state index contributed by atoms with van der Waals surface area (Å²) in [4.78, 5) is 22.5. The molecular weight excluding hydrogens is 281 g/mol. The lowest BCUT2D eigenvalue weighted by molar-refractivity contribution is -0.147. The standard InChI is InChI=1S/C11H11Cl2NO4/c1-2-8(10(15)16)18-11(17)6-3-5(14)4-7(12)9(6)13/h3-4,8H,2,14H2,1H3,(H,15,16). The Labute approximate surface area is 113 Å². The molecule has 0 radical (unpaired) electrons. The molecule has 0 aliphatic rings. The van der Waals surface area contributed by atoms with E-state index in [1.165, 1.54) is 12.1 Å². The maximum atomic E-state index is 11.8. The van der Waals surface area contributed by atoms with E-state index in [0.29, 0.717) is 0 Å². The first kappa shape index (κ1) is 14.6. The van der Waals surface area contributed by atoms with Gasteiger partial charge < -0.3 is 15.6 Å². The molecule has 3 N–H and O–H groups in total. The Morgan fingerprint density at radius 2 is 2.06 bits per heavy atom. The van der Waals surface area contributed by atoms with Crippen molar-refractivity contribution >= 4 is 40.8 Å². The largest absolute Gasteiger partial charge is 0.479 e. The van der Waals surface area contributed by atoms with Crippen molar-refractivity contribution in [2.45, 2.75) is 19.4 Å². The highest BCUT2D eigenvalue weighted by molar-refractivity contribution is 6.44. The van der Waals surface area contributed by atoms with Gasteiger partial charge in [0.05, 0.1) is 15.6 Å². The highest BCUT2D eigenvalue weighted by atomic mass is 35.5. The monoisotopic (exact) mass is 291 g/mol. The third kappa shape index (κ3) is 3.27. The first-order valence-electron chi connectivity index (χ1n) is 5.05. The topological polar surface area (TPSA) is 89.6 Å². The van der Waals surface area contributed by atoms with Crippen LogP contribution in [-0.4, -0.2) is 23.1 Å². The van der Waals surface area contributed by atoms with Crippen LogP contribution in [0.4, 0.5) is 5.69 Å². The van der Waals surface area contributed by atoms with Crippen LogP contribution in [0.5, 0.6) is 0 Å². The van der Waals surface area contributed by atoms with Crippen LogP contribution >= 0.6 is 23.2 Å². The summed E-state index contributed by atoms with van der Waals surface area (Å²) in [5.74, 6) is -2.10. The summed E-state index contributed by atoms with van der Waals surface area (Å²) in [7, 11) is 0. The lowest BCUT2D eigenvalue weighted by Gasteiger charge is -2.13. The molecule has 1 atom stereocenters. The van der Waals surface area contributed by atoms with E-state index in [2.05, 4.69) is 0 Å². The number of esters is 1. The van der Waals surface area contributed by atoms with Crippen molar-refractivity contribution in [2.24, 2.45) is 0 Å². The number of halogens is 2. The Morgan fingerprint density at radius 3 is 2.56 bits per heavy atom. The Bertz CT molecular complexity index is 490. The number of carboxylic acids is 1. The number of benzene rings is 1. The second-order valence-corrected chi connectivity index (χ2v) is 4.29. The van der Waals surface area contributed by atoms with Gasteiger partial charge in [-0.2, -0.15) is 0 Å². The van der Waals surface area contributed by atoms with Crippen molar-refractivity contribution < 1.29 is 19.4 Å². The van der Waals surface area contributed by atoms with Gasteiger partial charge in [0.25, 0.3) is 0 Å². The summed E-state index contributed by atoms with van der Waals surface area (Å²) in [6.45, 7) is 1.58. The molecule has 0 bridgehead atoms. The first-order valence-corrected chi connectivity index (χ1v) is 5.80. The van der Waals surface area contributed by atoms with Gasteiger partial charge in [-0.1, -0.05) is 30.1 Å². The second-order valence-electron chi connectivity index (χ2n) is 3.50. The summed E-state index contributed by atoms with van der Waals surface area (Å²) in [6.07, 6.45) is -1.08. The fourth-order valence-electron chi connectivity index (χ4n) is 1.26. The quantitative estimate of drug-likeness (QED) is 0.657. The van der Waals surface area contributed by atoms with Crippen LogP contribution in [0.15, 0.2) is 12.1 Å². The molecule has 0 aromatic heterocycles. The number of hydrogen-bond donors (Lipinski definition) is 2. The maximum Gasteiger partial charge on any atom is 0.345 e. The lowest BCUT2D eigenvalue weighted by Crippen LogP contribution is -2.26. The normalized spacial score (nSPS) is 11.9. The molecule has 0 heterocycles. The number of nitrogens with two attached hydrogens (primary N) is 1. The van der Waals surface area contributed by atoms with Crippen molar-refractivity contribution in [1.29, 1.82) is 0 Å². The van der Waals surface area contributed by atoms with E-state index in [1.807, 2.05) is 0 Å². The van der Waals surface area contributed by atoms with Gasteiger partial charge in [-0.05, 0) is 18.6 Å². The number of ether oxygens (including phenoxy) is 1. The number of nitrogen functional groups attached to an aromatic ring is 1. The van der Waals surface area contributed by atoms with Crippen molar-refractivity contribution in [2.75, 3.05) is 5.73 Å². The van der Waals surface area contributed by atoms with Crippen molar-refractivity contribution in [1.82, 2.24) is 0 Å². The van der Waals surface area contributed by atoms with Crippen LogP contribution in [0.3, 0.4) is 0 Å². The SMILES string of the molecule is CCC(OC(=O)c1cc(N)cc(Cl)c1Cl)C(=O)O. The third-order valence-corrected chi connectivity index (χ3v) is 2.97. The van der Waals surface area contributed by atoms with Crippen molar-refractivity contribution in [3.8, 4) is 0 Å². The third-order valence-electron chi connectivity index (χ3n) is 2.17. The van der Waals surface area contributed by atoms with E-state index in [-0.39, 0.29) is 27.7 Å². The molecule has 7 heteroatoms. The summed E-state index contributed by atoms with van der Waals surface area (Å²) >= 11 is 11.6. The molecule has 98 valence electrons. The van der Waals surface area contributed by atoms with Crippen molar-refractivity contribution in [3.63, 3.8) is 0 Å². The molecule has 18 heavy (non-hydrogen) atoms. The highest BCUT2D eigenvalue weighted by Crippen LogP contribution is 2.29. The fraction of sp³-hybridized carbons (Fsp3) is 0.273. The van der Waals surface area contributed by atoms with Gasteiger partial charge in [-0.15, -0.1) is 0 Å². The van der Waals surface area contributed by atoms with E-state index in [9.17, 15) is 9.59 Å². The summed E-state index contributed by atoms with van der Waals surface area (Å²) in [5.41, 5.74) is 5.70. The van der Waals surface area contributed by atoms with Gasteiger partial charge in [0.1, 0.15) is 0 Å². The van der Waals surface area contributed by atoms with Gasteiger partial charge in [-0.3, -0.25) is 0 Å².